The second-order valence-electron chi connectivity index (χ2n) is 4.20. The first-order valence-corrected chi connectivity index (χ1v) is 5.94. The molecule has 0 bridgehead atoms. The topological polar surface area (TPSA) is 100 Å². The smallest absolute Gasteiger partial charge is 0.278 e. The second-order valence-corrected chi connectivity index (χ2v) is 4.61. The fraction of sp³-hybridized carbons (Fsp3) is 0.0833. The van der Waals surface area contributed by atoms with Gasteiger partial charge in [-0.15, -0.1) is 0 Å². The van der Waals surface area contributed by atoms with E-state index in [9.17, 15) is 4.79 Å². The van der Waals surface area contributed by atoms with E-state index in [2.05, 4.69) is 19.9 Å². The van der Waals surface area contributed by atoms with Gasteiger partial charge in [-0.1, -0.05) is 11.6 Å². The van der Waals surface area contributed by atoms with Crippen LogP contribution in [0.15, 0.2) is 23.0 Å². The zero-order valence-electron chi connectivity index (χ0n) is 9.99. The zero-order chi connectivity index (χ0) is 13.6. The minimum absolute atomic E-state index is 0.0443. The number of anilines is 1. The van der Waals surface area contributed by atoms with Gasteiger partial charge in [-0.3, -0.25) is 9.78 Å². The Morgan fingerprint density at radius 2 is 2.05 bits per heavy atom. The number of nitrogens with one attached hydrogen (secondary N) is 2. The predicted octanol–water partition coefficient (Wildman–Crippen LogP) is 1.86. The molecule has 0 aliphatic heterocycles. The van der Waals surface area contributed by atoms with Crippen LogP contribution in [0.4, 0.5) is 5.95 Å². The number of halogens is 1. The number of hydrogen-bond donors (Lipinski definition) is 3. The molecule has 0 spiro atoms. The number of imidazole rings is 1. The molecule has 96 valence electrons. The van der Waals surface area contributed by atoms with E-state index in [-0.39, 0.29) is 11.5 Å². The average molecular weight is 276 g/mol. The lowest BCUT2D eigenvalue weighted by atomic mass is 10.1. The van der Waals surface area contributed by atoms with Crippen molar-refractivity contribution >= 4 is 28.7 Å². The molecule has 0 atom stereocenters. The number of nitrogens with zero attached hydrogens (tertiary/aromatic N) is 2. The molecule has 2 heterocycles. The fourth-order valence-corrected chi connectivity index (χ4v) is 1.97. The SMILES string of the molecule is Cc1cc(-c2nc3nc(N)[nH]c(=O)c3[nH]2)ccc1Cl. The number of benzene rings is 1. The van der Waals surface area contributed by atoms with E-state index in [0.717, 1.165) is 11.1 Å². The summed E-state index contributed by atoms with van der Waals surface area (Å²) < 4.78 is 0. The maximum atomic E-state index is 11.7. The molecule has 0 aliphatic rings. The van der Waals surface area contributed by atoms with Gasteiger partial charge in [-0.25, -0.2) is 4.98 Å². The predicted molar refractivity (Wildman–Crippen MR) is 74.1 cm³/mol. The van der Waals surface area contributed by atoms with E-state index in [0.29, 0.717) is 22.0 Å². The van der Waals surface area contributed by atoms with E-state index in [1.165, 1.54) is 0 Å². The summed E-state index contributed by atoms with van der Waals surface area (Å²) in [6.45, 7) is 1.90. The number of nitrogen functional groups attached to an aromatic ring is 1. The zero-order valence-corrected chi connectivity index (χ0v) is 10.7. The Bertz CT molecular complexity index is 836. The fourth-order valence-electron chi connectivity index (χ4n) is 1.85. The van der Waals surface area contributed by atoms with Crippen molar-refractivity contribution in [3.05, 3.63) is 39.1 Å². The number of fused-ring (bicyclic) bond motifs is 1. The number of nitrogens with two attached hydrogens (primary N) is 1. The van der Waals surface area contributed by atoms with E-state index >= 15 is 0 Å². The van der Waals surface area contributed by atoms with Crippen LogP contribution < -0.4 is 11.3 Å². The van der Waals surface area contributed by atoms with Gasteiger partial charge in [0.05, 0.1) is 0 Å². The molecule has 0 radical (unpaired) electrons. The van der Waals surface area contributed by atoms with Crippen molar-refractivity contribution in [1.82, 2.24) is 19.9 Å². The Kier molecular flexibility index (Phi) is 2.53. The van der Waals surface area contributed by atoms with Crippen molar-refractivity contribution in [2.75, 3.05) is 5.73 Å². The highest BCUT2D eigenvalue weighted by Crippen LogP contribution is 2.23. The van der Waals surface area contributed by atoms with Gasteiger partial charge in [0, 0.05) is 10.6 Å². The van der Waals surface area contributed by atoms with E-state index in [1.807, 2.05) is 19.1 Å². The maximum Gasteiger partial charge on any atom is 0.278 e. The Morgan fingerprint density at radius 1 is 1.26 bits per heavy atom. The summed E-state index contributed by atoms with van der Waals surface area (Å²) in [6, 6.07) is 5.49. The first-order chi connectivity index (χ1) is 9.04. The summed E-state index contributed by atoms with van der Waals surface area (Å²) in [5.74, 6) is 0.598. The van der Waals surface area contributed by atoms with Gasteiger partial charge in [0.15, 0.2) is 11.2 Å². The van der Waals surface area contributed by atoms with Crippen LogP contribution in [-0.4, -0.2) is 19.9 Å². The van der Waals surface area contributed by atoms with Gasteiger partial charge in [0.1, 0.15) is 5.82 Å². The molecule has 0 amide bonds. The highest BCUT2D eigenvalue weighted by Gasteiger charge is 2.10. The molecule has 6 nitrogen and oxygen atoms in total. The Hall–Kier alpha value is -2.34. The normalized spacial score (nSPS) is 11.1. The third-order valence-corrected chi connectivity index (χ3v) is 3.24. The third kappa shape index (κ3) is 1.96. The lowest BCUT2D eigenvalue weighted by molar-refractivity contribution is 1.17. The van der Waals surface area contributed by atoms with Crippen molar-refractivity contribution in [2.45, 2.75) is 6.92 Å². The van der Waals surface area contributed by atoms with Crippen molar-refractivity contribution in [2.24, 2.45) is 0 Å². The maximum absolute atomic E-state index is 11.7. The number of aryl methyl sites for hydroxylation is 1. The van der Waals surface area contributed by atoms with Gasteiger partial charge in [-0.05, 0) is 30.7 Å². The standard InChI is InChI=1S/C12H10ClN5O/c1-5-4-6(2-3-7(5)13)9-15-8-10(16-9)17-12(14)18-11(8)19/h2-4H,1H3,(H4,14,15,16,17,18,19). The number of rotatable bonds is 1. The van der Waals surface area contributed by atoms with Gasteiger partial charge in [-0.2, -0.15) is 4.98 Å². The number of hydrogen-bond acceptors (Lipinski definition) is 4. The summed E-state index contributed by atoms with van der Waals surface area (Å²) in [7, 11) is 0. The molecule has 3 rings (SSSR count). The summed E-state index contributed by atoms with van der Waals surface area (Å²) in [5, 5.41) is 0.681. The van der Waals surface area contributed by atoms with E-state index in [4.69, 9.17) is 17.3 Å². The lowest BCUT2D eigenvalue weighted by Crippen LogP contribution is -2.10. The van der Waals surface area contributed by atoms with Crippen molar-refractivity contribution in [3.8, 4) is 11.4 Å². The minimum atomic E-state index is -0.341. The second kappa shape index (κ2) is 4.10. The molecule has 0 unspecified atom stereocenters. The Morgan fingerprint density at radius 3 is 2.79 bits per heavy atom. The molecule has 1 aromatic carbocycles. The quantitative estimate of drug-likeness (QED) is 0.631. The molecular formula is C12H10ClN5O. The number of aromatic amines is 2. The van der Waals surface area contributed by atoms with Gasteiger partial charge < -0.3 is 10.7 Å². The minimum Gasteiger partial charge on any atom is -0.369 e. The van der Waals surface area contributed by atoms with Gasteiger partial charge in [0.25, 0.3) is 5.56 Å². The summed E-state index contributed by atoms with van der Waals surface area (Å²) >= 11 is 5.98. The van der Waals surface area contributed by atoms with Crippen LogP contribution in [0, 0.1) is 6.92 Å². The first kappa shape index (κ1) is 11.7. The molecule has 0 fully saturated rings. The molecule has 4 N–H and O–H groups in total. The van der Waals surface area contributed by atoms with Crippen LogP contribution in [0.1, 0.15) is 5.56 Å². The number of H-pyrrole nitrogens is 2. The van der Waals surface area contributed by atoms with Crippen molar-refractivity contribution < 1.29 is 0 Å². The van der Waals surface area contributed by atoms with Crippen LogP contribution in [0.25, 0.3) is 22.6 Å². The van der Waals surface area contributed by atoms with Gasteiger partial charge >= 0.3 is 0 Å². The van der Waals surface area contributed by atoms with Crippen molar-refractivity contribution in [3.63, 3.8) is 0 Å². The lowest BCUT2D eigenvalue weighted by Gasteiger charge is -2.00. The van der Waals surface area contributed by atoms with Crippen LogP contribution in [0.5, 0.6) is 0 Å². The summed E-state index contributed by atoms with van der Waals surface area (Å²) in [5.41, 5.74) is 7.50. The Labute approximate surface area is 112 Å². The van der Waals surface area contributed by atoms with Crippen LogP contribution in [0.2, 0.25) is 5.02 Å². The summed E-state index contributed by atoms with van der Waals surface area (Å²) in [4.78, 5) is 25.3. The molecule has 7 heteroatoms. The van der Waals surface area contributed by atoms with E-state index in [1.54, 1.807) is 6.07 Å². The van der Waals surface area contributed by atoms with Crippen molar-refractivity contribution in [1.29, 1.82) is 0 Å². The Balaban J connectivity index is 2.23. The average Bonchev–Trinajstić information content (AvgIpc) is 2.76. The van der Waals surface area contributed by atoms with E-state index < -0.39 is 0 Å². The van der Waals surface area contributed by atoms with Crippen LogP contribution in [-0.2, 0) is 0 Å². The third-order valence-electron chi connectivity index (χ3n) is 2.81. The molecule has 2 aromatic heterocycles. The highest BCUT2D eigenvalue weighted by atomic mass is 35.5. The van der Waals surface area contributed by atoms with Gasteiger partial charge in [0.2, 0.25) is 5.95 Å². The molecular weight excluding hydrogens is 266 g/mol. The number of aromatic nitrogens is 4. The molecule has 19 heavy (non-hydrogen) atoms. The molecule has 3 aromatic rings. The highest BCUT2D eigenvalue weighted by molar-refractivity contribution is 6.31. The monoisotopic (exact) mass is 275 g/mol. The first-order valence-electron chi connectivity index (χ1n) is 5.56. The molecule has 0 saturated carbocycles. The summed E-state index contributed by atoms with van der Waals surface area (Å²) in [6.07, 6.45) is 0. The largest absolute Gasteiger partial charge is 0.369 e. The van der Waals surface area contributed by atoms with Crippen LogP contribution in [0.3, 0.4) is 0 Å². The van der Waals surface area contributed by atoms with Crippen LogP contribution >= 0.6 is 11.6 Å². The molecule has 0 saturated heterocycles. The molecule has 0 aliphatic carbocycles.